The van der Waals surface area contributed by atoms with Crippen LogP contribution in [0, 0.1) is 11.3 Å². The molecule has 0 aliphatic heterocycles. The van der Waals surface area contributed by atoms with E-state index in [0.29, 0.717) is 6.29 Å². The number of alkyl halides is 2. The number of aromatic nitrogens is 1. The predicted molar refractivity (Wildman–Crippen MR) is 47.2 cm³/mol. The number of nitrogens with two attached hydrogens (primary N) is 1. The molecule has 78 valence electrons. The fourth-order valence-electron chi connectivity index (χ4n) is 1.19. The van der Waals surface area contributed by atoms with Gasteiger partial charge in [-0.15, -0.1) is 0 Å². The largest absolute Gasteiger partial charge is 0.325 e. The van der Waals surface area contributed by atoms with Crippen molar-refractivity contribution in [3.8, 4) is 6.07 Å². The monoisotopic (exact) mass is 211 g/mol. The first kappa shape index (κ1) is 11.2. The maximum Gasteiger partial charge on any atom is 0.266 e. The van der Waals surface area contributed by atoms with Gasteiger partial charge in [-0.3, -0.25) is 9.78 Å². The molecular weight excluding hydrogens is 204 g/mol. The van der Waals surface area contributed by atoms with Crippen LogP contribution < -0.4 is 5.73 Å². The third kappa shape index (κ3) is 1.97. The van der Waals surface area contributed by atoms with Crippen LogP contribution in [0.2, 0.25) is 0 Å². The van der Waals surface area contributed by atoms with Gasteiger partial charge in [0, 0.05) is 12.7 Å². The van der Waals surface area contributed by atoms with E-state index >= 15 is 0 Å². The zero-order valence-electron chi connectivity index (χ0n) is 7.58. The zero-order chi connectivity index (χ0) is 11.4. The second-order valence-electron chi connectivity index (χ2n) is 2.68. The highest BCUT2D eigenvalue weighted by Gasteiger charge is 2.21. The molecule has 0 aromatic carbocycles. The molecule has 0 saturated carbocycles. The fourth-order valence-corrected chi connectivity index (χ4v) is 1.19. The van der Waals surface area contributed by atoms with E-state index in [1.54, 1.807) is 6.07 Å². The summed E-state index contributed by atoms with van der Waals surface area (Å²) in [5.74, 6) is 0. The molecule has 0 spiro atoms. The maximum atomic E-state index is 12.6. The van der Waals surface area contributed by atoms with Gasteiger partial charge in [-0.1, -0.05) is 0 Å². The van der Waals surface area contributed by atoms with Crippen molar-refractivity contribution in [3.63, 3.8) is 0 Å². The number of rotatable bonds is 3. The molecule has 0 aliphatic carbocycles. The van der Waals surface area contributed by atoms with Gasteiger partial charge in [0.2, 0.25) is 0 Å². The standard InChI is InChI=1S/C9H7F2N3O/c10-9(11)8-6(1-12)5(4-15)3-14-7(8)2-13/h3-4,9H,2,13H2. The van der Waals surface area contributed by atoms with E-state index in [0.717, 1.165) is 6.20 Å². The maximum absolute atomic E-state index is 12.6. The quantitative estimate of drug-likeness (QED) is 0.761. The Balaban J connectivity index is 3.53. The highest BCUT2D eigenvalue weighted by molar-refractivity contribution is 5.79. The summed E-state index contributed by atoms with van der Waals surface area (Å²) in [4.78, 5) is 14.1. The molecule has 2 N–H and O–H groups in total. The number of pyridine rings is 1. The number of hydrogen-bond donors (Lipinski definition) is 1. The summed E-state index contributed by atoms with van der Waals surface area (Å²) in [5.41, 5.74) is 4.10. The van der Waals surface area contributed by atoms with Crippen LogP contribution in [0.1, 0.15) is 33.6 Å². The van der Waals surface area contributed by atoms with Crippen molar-refractivity contribution in [1.29, 1.82) is 5.26 Å². The topological polar surface area (TPSA) is 79.8 Å². The van der Waals surface area contributed by atoms with Crippen molar-refractivity contribution in [3.05, 3.63) is 28.6 Å². The van der Waals surface area contributed by atoms with E-state index in [1.165, 1.54) is 0 Å². The van der Waals surface area contributed by atoms with Crippen LogP contribution >= 0.6 is 0 Å². The van der Waals surface area contributed by atoms with Crippen molar-refractivity contribution in [2.24, 2.45) is 5.73 Å². The molecular formula is C9H7F2N3O. The Labute approximate surface area is 84.3 Å². The smallest absolute Gasteiger partial charge is 0.266 e. The molecule has 4 nitrogen and oxygen atoms in total. The highest BCUT2D eigenvalue weighted by Crippen LogP contribution is 2.26. The van der Waals surface area contributed by atoms with Crippen LogP contribution in [-0.4, -0.2) is 11.3 Å². The first-order valence-corrected chi connectivity index (χ1v) is 4.01. The predicted octanol–water partition coefficient (Wildman–Crippen LogP) is 1.16. The van der Waals surface area contributed by atoms with Gasteiger partial charge in [-0.25, -0.2) is 8.78 Å². The normalized spacial score (nSPS) is 10.1. The number of carbonyl (C=O) groups is 1. The van der Waals surface area contributed by atoms with Crippen molar-refractivity contribution in [1.82, 2.24) is 4.98 Å². The Bertz CT molecular complexity index is 426. The van der Waals surface area contributed by atoms with Crippen LogP contribution in [0.3, 0.4) is 0 Å². The summed E-state index contributed by atoms with van der Waals surface area (Å²) in [6, 6.07) is 1.56. The number of nitrogens with zero attached hydrogens (tertiary/aromatic N) is 2. The van der Waals surface area contributed by atoms with Crippen LogP contribution in [0.25, 0.3) is 0 Å². The SMILES string of the molecule is N#Cc1c(C=O)cnc(CN)c1C(F)F. The van der Waals surface area contributed by atoms with Gasteiger partial charge in [-0.2, -0.15) is 5.26 Å². The van der Waals surface area contributed by atoms with E-state index < -0.39 is 12.0 Å². The second-order valence-corrected chi connectivity index (χ2v) is 2.68. The van der Waals surface area contributed by atoms with Gasteiger partial charge in [0.15, 0.2) is 6.29 Å². The molecule has 1 heterocycles. The van der Waals surface area contributed by atoms with Gasteiger partial charge in [0.05, 0.1) is 22.4 Å². The number of halogens is 2. The van der Waals surface area contributed by atoms with E-state index in [1.807, 2.05) is 0 Å². The molecule has 0 bridgehead atoms. The van der Waals surface area contributed by atoms with Gasteiger partial charge in [0.25, 0.3) is 6.43 Å². The van der Waals surface area contributed by atoms with Crippen molar-refractivity contribution in [2.45, 2.75) is 13.0 Å². The van der Waals surface area contributed by atoms with Crippen LogP contribution in [0.4, 0.5) is 8.78 Å². The van der Waals surface area contributed by atoms with Crippen LogP contribution in [0.5, 0.6) is 0 Å². The van der Waals surface area contributed by atoms with E-state index in [4.69, 9.17) is 11.0 Å². The molecule has 1 aromatic heterocycles. The molecule has 0 saturated heterocycles. The minimum absolute atomic E-state index is 0.0628. The third-order valence-electron chi connectivity index (χ3n) is 1.88. The lowest BCUT2D eigenvalue weighted by Crippen LogP contribution is -2.09. The lowest BCUT2D eigenvalue weighted by molar-refractivity contribution is 0.112. The Morgan fingerprint density at radius 3 is 2.73 bits per heavy atom. The first-order chi connectivity index (χ1) is 7.15. The number of aldehydes is 1. The van der Waals surface area contributed by atoms with Gasteiger partial charge < -0.3 is 5.73 Å². The summed E-state index contributed by atoms with van der Waals surface area (Å²) >= 11 is 0. The zero-order valence-corrected chi connectivity index (χ0v) is 7.58. The summed E-state index contributed by atoms with van der Waals surface area (Å²) in [5, 5.41) is 8.69. The molecule has 0 atom stereocenters. The Hall–Kier alpha value is -1.87. The molecule has 1 rings (SSSR count). The molecule has 0 unspecified atom stereocenters. The Morgan fingerprint density at radius 2 is 2.33 bits per heavy atom. The third-order valence-corrected chi connectivity index (χ3v) is 1.88. The number of carbonyl (C=O) groups excluding carboxylic acids is 1. The summed E-state index contributed by atoms with van der Waals surface area (Å²) in [7, 11) is 0. The molecule has 0 fully saturated rings. The number of hydrogen-bond acceptors (Lipinski definition) is 4. The second kappa shape index (κ2) is 4.57. The van der Waals surface area contributed by atoms with Crippen molar-refractivity contribution >= 4 is 6.29 Å². The van der Waals surface area contributed by atoms with Crippen molar-refractivity contribution in [2.75, 3.05) is 0 Å². The van der Waals surface area contributed by atoms with E-state index in [9.17, 15) is 13.6 Å². The molecule has 0 radical (unpaired) electrons. The van der Waals surface area contributed by atoms with E-state index in [2.05, 4.69) is 4.98 Å². The Morgan fingerprint density at radius 1 is 1.67 bits per heavy atom. The first-order valence-electron chi connectivity index (χ1n) is 4.01. The lowest BCUT2D eigenvalue weighted by Gasteiger charge is -2.08. The van der Waals surface area contributed by atoms with Gasteiger partial charge >= 0.3 is 0 Å². The average molecular weight is 211 g/mol. The van der Waals surface area contributed by atoms with Crippen molar-refractivity contribution < 1.29 is 13.6 Å². The molecule has 15 heavy (non-hydrogen) atoms. The highest BCUT2D eigenvalue weighted by atomic mass is 19.3. The average Bonchev–Trinajstić information content (AvgIpc) is 2.26. The molecule has 1 aromatic rings. The summed E-state index contributed by atoms with van der Waals surface area (Å²) < 4.78 is 25.2. The molecule has 0 amide bonds. The number of nitriles is 1. The lowest BCUT2D eigenvalue weighted by atomic mass is 10.0. The van der Waals surface area contributed by atoms with Crippen LogP contribution in [-0.2, 0) is 6.54 Å². The minimum atomic E-state index is -2.87. The van der Waals surface area contributed by atoms with E-state index in [-0.39, 0.29) is 23.4 Å². The molecule has 0 aliphatic rings. The summed E-state index contributed by atoms with van der Waals surface area (Å²) in [6.07, 6.45) is -1.48. The van der Waals surface area contributed by atoms with Crippen LogP contribution in [0.15, 0.2) is 6.20 Å². The minimum Gasteiger partial charge on any atom is -0.325 e. The fraction of sp³-hybridized carbons (Fsp3) is 0.222. The Kier molecular flexibility index (Phi) is 3.42. The van der Waals surface area contributed by atoms with Gasteiger partial charge in [0.1, 0.15) is 6.07 Å². The molecule has 6 heteroatoms. The summed E-state index contributed by atoms with van der Waals surface area (Å²) in [6.45, 7) is -0.201. The van der Waals surface area contributed by atoms with Gasteiger partial charge in [-0.05, 0) is 0 Å².